The summed E-state index contributed by atoms with van der Waals surface area (Å²) in [5, 5.41) is 7.65. The highest BCUT2D eigenvalue weighted by Crippen LogP contribution is 2.30. The summed E-state index contributed by atoms with van der Waals surface area (Å²) in [5.41, 5.74) is 0.995. The number of rotatable bonds is 3. The second-order valence-electron chi connectivity index (χ2n) is 5.80. The van der Waals surface area contributed by atoms with Crippen molar-refractivity contribution in [1.82, 2.24) is 10.3 Å². The van der Waals surface area contributed by atoms with Gasteiger partial charge in [0.2, 0.25) is 0 Å². The normalized spacial score (nSPS) is 23.5. The Morgan fingerprint density at radius 3 is 2.82 bits per heavy atom. The van der Waals surface area contributed by atoms with Crippen molar-refractivity contribution in [3.8, 4) is 10.6 Å². The Bertz CT molecular complexity index is 809. The maximum atomic E-state index is 12.5. The predicted molar refractivity (Wildman–Crippen MR) is 89.3 cm³/mol. The van der Waals surface area contributed by atoms with Crippen LogP contribution in [0, 0.1) is 6.92 Å². The number of hydrogen-bond acceptors (Lipinski definition) is 6. The number of carbonyl (C=O) groups excluding carboxylic acids is 1. The van der Waals surface area contributed by atoms with Crippen LogP contribution in [0.1, 0.15) is 28.7 Å². The van der Waals surface area contributed by atoms with Crippen LogP contribution in [0.5, 0.6) is 0 Å². The van der Waals surface area contributed by atoms with Crippen LogP contribution in [0.3, 0.4) is 0 Å². The van der Waals surface area contributed by atoms with Gasteiger partial charge in [-0.25, -0.2) is 13.4 Å². The van der Waals surface area contributed by atoms with E-state index in [0.29, 0.717) is 17.0 Å². The van der Waals surface area contributed by atoms with Gasteiger partial charge in [-0.3, -0.25) is 4.79 Å². The molecule has 1 saturated heterocycles. The number of hydrogen-bond donors (Lipinski definition) is 1. The Kier molecular flexibility index (Phi) is 3.86. The summed E-state index contributed by atoms with van der Waals surface area (Å²) in [5.74, 6) is -0.108. The Balaban J connectivity index is 1.81. The number of nitrogens with one attached hydrogen (secondary N) is 1. The average molecular weight is 356 g/mol. The molecule has 0 saturated carbocycles. The molecule has 1 fully saturated rings. The van der Waals surface area contributed by atoms with Gasteiger partial charge in [-0.05, 0) is 31.7 Å². The molecule has 0 bridgehead atoms. The van der Waals surface area contributed by atoms with Crippen molar-refractivity contribution in [3.63, 3.8) is 0 Å². The highest BCUT2D eigenvalue weighted by Gasteiger charge is 2.40. The Morgan fingerprint density at radius 2 is 2.23 bits per heavy atom. The zero-order valence-electron chi connectivity index (χ0n) is 12.3. The standard InChI is InChI=1S/C14H16N2O3S3/c1-9-11(21-13(15-9)10-3-5-20-7-10)12(17)16-14(2)4-6-22(18,19)8-14/h3,5,7H,4,6,8H2,1-2H3,(H,16,17)/t14-/m0/s1. The molecule has 3 heterocycles. The third-order valence-electron chi connectivity index (χ3n) is 3.69. The molecule has 8 heteroatoms. The van der Waals surface area contributed by atoms with Crippen LogP contribution < -0.4 is 5.32 Å². The molecule has 22 heavy (non-hydrogen) atoms. The zero-order chi connectivity index (χ0) is 16.0. The van der Waals surface area contributed by atoms with E-state index in [0.717, 1.165) is 10.6 Å². The van der Waals surface area contributed by atoms with Crippen molar-refractivity contribution < 1.29 is 13.2 Å². The number of sulfone groups is 1. The van der Waals surface area contributed by atoms with Gasteiger partial charge in [-0.2, -0.15) is 11.3 Å². The molecule has 0 spiro atoms. The van der Waals surface area contributed by atoms with Crippen molar-refractivity contribution >= 4 is 38.4 Å². The van der Waals surface area contributed by atoms with E-state index in [-0.39, 0.29) is 17.4 Å². The molecule has 0 unspecified atom stereocenters. The number of amides is 1. The summed E-state index contributed by atoms with van der Waals surface area (Å²) in [6.45, 7) is 3.58. The molecule has 5 nitrogen and oxygen atoms in total. The van der Waals surface area contributed by atoms with Crippen molar-refractivity contribution in [1.29, 1.82) is 0 Å². The van der Waals surface area contributed by atoms with E-state index in [1.165, 1.54) is 11.3 Å². The summed E-state index contributed by atoms with van der Waals surface area (Å²) in [7, 11) is -3.05. The number of carbonyl (C=O) groups is 1. The molecule has 0 aliphatic carbocycles. The molecule has 1 atom stereocenters. The predicted octanol–water partition coefficient (Wildman–Crippen LogP) is 2.49. The van der Waals surface area contributed by atoms with Crippen molar-refractivity contribution in [2.75, 3.05) is 11.5 Å². The maximum Gasteiger partial charge on any atom is 0.263 e. The first-order chi connectivity index (χ1) is 10.3. The Labute approximate surface area is 137 Å². The first-order valence-corrected chi connectivity index (χ1v) is 10.4. The molecule has 3 rings (SSSR count). The van der Waals surface area contributed by atoms with E-state index in [1.54, 1.807) is 25.2 Å². The minimum Gasteiger partial charge on any atom is -0.345 e. The average Bonchev–Trinajstić information content (AvgIpc) is 3.09. The molecule has 2 aromatic rings. The molecule has 1 aliphatic rings. The summed E-state index contributed by atoms with van der Waals surface area (Å²) < 4.78 is 23.3. The van der Waals surface area contributed by atoms with Crippen molar-refractivity contribution in [3.05, 3.63) is 27.4 Å². The van der Waals surface area contributed by atoms with E-state index in [4.69, 9.17) is 0 Å². The minimum atomic E-state index is -3.05. The van der Waals surface area contributed by atoms with Crippen LogP contribution in [0.4, 0.5) is 0 Å². The lowest BCUT2D eigenvalue weighted by Gasteiger charge is -2.23. The lowest BCUT2D eigenvalue weighted by atomic mass is 10.0. The number of aryl methyl sites for hydroxylation is 1. The van der Waals surface area contributed by atoms with E-state index < -0.39 is 15.4 Å². The van der Waals surface area contributed by atoms with E-state index in [9.17, 15) is 13.2 Å². The summed E-state index contributed by atoms with van der Waals surface area (Å²) in [6.07, 6.45) is 0.455. The first-order valence-electron chi connectivity index (χ1n) is 6.81. The molecule has 118 valence electrons. The Hall–Kier alpha value is -1.25. The number of thiazole rings is 1. The fourth-order valence-corrected chi connectivity index (χ4v) is 6.32. The van der Waals surface area contributed by atoms with Gasteiger partial charge in [-0.15, -0.1) is 11.3 Å². The highest BCUT2D eigenvalue weighted by molar-refractivity contribution is 7.91. The van der Waals surface area contributed by atoms with Gasteiger partial charge in [-0.1, -0.05) is 0 Å². The van der Waals surface area contributed by atoms with Crippen LogP contribution >= 0.6 is 22.7 Å². The van der Waals surface area contributed by atoms with Crippen molar-refractivity contribution in [2.45, 2.75) is 25.8 Å². The van der Waals surface area contributed by atoms with E-state index in [2.05, 4.69) is 10.3 Å². The molecule has 0 aromatic carbocycles. The second-order valence-corrected chi connectivity index (χ2v) is 9.77. The van der Waals surface area contributed by atoms with Gasteiger partial charge in [0.15, 0.2) is 9.84 Å². The van der Waals surface area contributed by atoms with Gasteiger partial charge in [0.05, 0.1) is 22.7 Å². The lowest BCUT2D eigenvalue weighted by molar-refractivity contribution is 0.0919. The van der Waals surface area contributed by atoms with E-state index >= 15 is 0 Å². The van der Waals surface area contributed by atoms with Gasteiger partial charge in [0, 0.05) is 10.9 Å². The third kappa shape index (κ3) is 3.09. The number of thiophene rings is 1. The fourth-order valence-electron chi connectivity index (χ4n) is 2.56. The summed E-state index contributed by atoms with van der Waals surface area (Å²) >= 11 is 2.92. The largest absolute Gasteiger partial charge is 0.345 e. The van der Waals surface area contributed by atoms with Gasteiger partial charge < -0.3 is 5.32 Å². The lowest BCUT2D eigenvalue weighted by Crippen LogP contribution is -2.46. The van der Waals surface area contributed by atoms with Crippen LogP contribution in [-0.2, 0) is 9.84 Å². The maximum absolute atomic E-state index is 12.5. The Morgan fingerprint density at radius 1 is 1.45 bits per heavy atom. The number of aromatic nitrogens is 1. The van der Waals surface area contributed by atoms with Crippen LogP contribution in [-0.4, -0.2) is 36.4 Å². The van der Waals surface area contributed by atoms with Crippen LogP contribution in [0.15, 0.2) is 16.8 Å². The van der Waals surface area contributed by atoms with Gasteiger partial charge in [0.25, 0.3) is 5.91 Å². The first kappa shape index (κ1) is 15.6. The molecule has 1 amide bonds. The minimum absolute atomic E-state index is 0.000971. The molecule has 1 N–H and O–H groups in total. The SMILES string of the molecule is Cc1nc(-c2ccsc2)sc1C(=O)N[C@@]1(C)CCS(=O)(=O)C1. The highest BCUT2D eigenvalue weighted by atomic mass is 32.2. The molecule has 1 aliphatic heterocycles. The quantitative estimate of drug-likeness (QED) is 0.917. The molecular weight excluding hydrogens is 340 g/mol. The third-order valence-corrected chi connectivity index (χ3v) is 7.48. The zero-order valence-corrected chi connectivity index (χ0v) is 14.7. The molecule has 2 aromatic heterocycles. The van der Waals surface area contributed by atoms with Gasteiger partial charge >= 0.3 is 0 Å². The molecular formula is C14H16N2O3S3. The fraction of sp³-hybridized carbons (Fsp3) is 0.429. The topological polar surface area (TPSA) is 76.1 Å². The smallest absolute Gasteiger partial charge is 0.263 e. The van der Waals surface area contributed by atoms with Gasteiger partial charge in [0.1, 0.15) is 9.88 Å². The summed E-state index contributed by atoms with van der Waals surface area (Å²) in [4.78, 5) is 17.5. The second kappa shape index (κ2) is 5.43. The summed E-state index contributed by atoms with van der Waals surface area (Å²) in [6, 6.07) is 1.97. The van der Waals surface area contributed by atoms with Crippen LogP contribution in [0.2, 0.25) is 0 Å². The van der Waals surface area contributed by atoms with E-state index in [1.807, 2.05) is 16.8 Å². The monoisotopic (exact) mass is 356 g/mol. The molecule has 0 radical (unpaired) electrons. The van der Waals surface area contributed by atoms with Crippen molar-refractivity contribution in [2.24, 2.45) is 0 Å². The number of nitrogens with zero attached hydrogens (tertiary/aromatic N) is 1. The van der Waals surface area contributed by atoms with Crippen LogP contribution in [0.25, 0.3) is 10.6 Å².